The summed E-state index contributed by atoms with van der Waals surface area (Å²) in [7, 11) is 0. The number of carbonyl (C=O) groups excluding carboxylic acids is 2. The van der Waals surface area contributed by atoms with Crippen molar-refractivity contribution in [3.05, 3.63) is 10.8 Å². The van der Waals surface area contributed by atoms with E-state index in [1.165, 1.54) is 32.1 Å². The highest BCUT2D eigenvalue weighted by molar-refractivity contribution is 6.31. The third kappa shape index (κ3) is 14.2. The fourth-order valence-corrected chi connectivity index (χ4v) is 3.31. The normalized spacial score (nSPS) is 11.8. The minimum absolute atomic E-state index is 0.00885. The van der Waals surface area contributed by atoms with Gasteiger partial charge in [-0.15, -0.1) is 0 Å². The Labute approximate surface area is 213 Å². The molecule has 198 valence electrons. The average molecular weight is 513 g/mol. The third-order valence-corrected chi connectivity index (χ3v) is 5.17. The highest BCUT2D eigenvalue weighted by Crippen LogP contribution is 2.17. The molecule has 0 aliphatic carbocycles. The lowest BCUT2D eigenvalue weighted by Gasteiger charge is -2.19. The number of guanidine groups is 1. The quantitative estimate of drug-likeness (QED) is 0.141. The molecule has 11 nitrogen and oxygen atoms in total. The number of ether oxygens (including phenoxy) is 1. The van der Waals surface area contributed by atoms with Crippen molar-refractivity contribution in [1.29, 1.82) is 0 Å². The Kier molecular flexibility index (Phi) is 13.8. The lowest BCUT2D eigenvalue weighted by molar-refractivity contribution is 0.0526. The molecule has 0 atom stereocenters. The van der Waals surface area contributed by atoms with Crippen LogP contribution in [0.3, 0.4) is 0 Å². The molecule has 1 aromatic heterocycles. The SMILES string of the molecule is CC(C)(C)OC(=O)NCCCCCCCCCCCCN=C(N)NC(=O)c1nc(Cl)c(N)nc1N. The number of aromatic nitrogens is 2. The number of anilines is 2. The van der Waals surface area contributed by atoms with E-state index < -0.39 is 11.5 Å². The predicted octanol–water partition coefficient (Wildman–Crippen LogP) is 3.76. The molecule has 0 aliphatic rings. The highest BCUT2D eigenvalue weighted by atomic mass is 35.5. The van der Waals surface area contributed by atoms with E-state index in [-0.39, 0.29) is 34.5 Å². The summed E-state index contributed by atoms with van der Waals surface area (Å²) in [5, 5.41) is 5.10. The Balaban J connectivity index is 2.01. The van der Waals surface area contributed by atoms with Gasteiger partial charge in [0.2, 0.25) is 0 Å². The molecule has 0 unspecified atom stereocenters. The smallest absolute Gasteiger partial charge is 0.407 e. The van der Waals surface area contributed by atoms with Gasteiger partial charge in [0.25, 0.3) is 5.91 Å². The number of nitrogen functional groups attached to an aromatic ring is 2. The minimum atomic E-state index is -0.641. The lowest BCUT2D eigenvalue weighted by Crippen LogP contribution is -2.38. The van der Waals surface area contributed by atoms with E-state index in [9.17, 15) is 9.59 Å². The molecule has 0 saturated heterocycles. The maximum absolute atomic E-state index is 12.2. The monoisotopic (exact) mass is 512 g/mol. The van der Waals surface area contributed by atoms with Gasteiger partial charge in [-0.1, -0.05) is 63.0 Å². The molecule has 35 heavy (non-hydrogen) atoms. The molecule has 0 radical (unpaired) electrons. The van der Waals surface area contributed by atoms with Crippen LogP contribution < -0.4 is 27.8 Å². The standard InChI is InChI=1S/C23H41ClN8O3/c1-23(2,3)35-22(34)29-15-13-11-9-7-5-4-6-8-10-12-14-28-21(27)32-20(33)16-18(25)31-19(26)17(24)30-16/h4-15H2,1-3H3,(H,29,34)(H4,25,26,31)(H3,27,28,32,33). The molecule has 8 N–H and O–H groups in total. The molecule has 1 rings (SSSR count). The first kappa shape index (κ1) is 30.2. The zero-order valence-electron chi connectivity index (χ0n) is 21.2. The number of hydrogen-bond donors (Lipinski definition) is 5. The van der Waals surface area contributed by atoms with E-state index in [0.29, 0.717) is 13.1 Å². The van der Waals surface area contributed by atoms with Crippen molar-refractivity contribution in [2.24, 2.45) is 10.7 Å². The van der Waals surface area contributed by atoms with Crippen LogP contribution in [-0.2, 0) is 4.74 Å². The number of carbonyl (C=O) groups is 2. The number of halogens is 1. The summed E-state index contributed by atoms with van der Waals surface area (Å²) in [6.45, 7) is 6.74. The van der Waals surface area contributed by atoms with Crippen molar-refractivity contribution in [3.8, 4) is 0 Å². The van der Waals surface area contributed by atoms with Crippen molar-refractivity contribution in [1.82, 2.24) is 20.6 Å². The summed E-state index contributed by atoms with van der Waals surface area (Å²) >= 11 is 5.78. The molecule has 0 spiro atoms. The molecule has 1 aromatic rings. The number of aliphatic imine (C=N–C) groups is 1. The first-order chi connectivity index (χ1) is 16.5. The van der Waals surface area contributed by atoms with Gasteiger partial charge in [-0.3, -0.25) is 15.1 Å². The van der Waals surface area contributed by atoms with Gasteiger partial charge < -0.3 is 27.3 Å². The first-order valence-electron chi connectivity index (χ1n) is 12.2. The Morgan fingerprint density at radius 1 is 0.914 bits per heavy atom. The molecule has 0 bridgehead atoms. The van der Waals surface area contributed by atoms with Crippen molar-refractivity contribution < 1.29 is 14.3 Å². The van der Waals surface area contributed by atoms with Crippen LogP contribution >= 0.6 is 11.6 Å². The summed E-state index contributed by atoms with van der Waals surface area (Å²) in [5.41, 5.74) is 16.3. The molecule has 0 fully saturated rings. The number of rotatable bonds is 14. The maximum atomic E-state index is 12.2. The summed E-state index contributed by atoms with van der Waals surface area (Å²) in [4.78, 5) is 35.4. The van der Waals surface area contributed by atoms with E-state index >= 15 is 0 Å². The van der Waals surface area contributed by atoms with Gasteiger partial charge in [-0.25, -0.2) is 14.8 Å². The molecular weight excluding hydrogens is 472 g/mol. The van der Waals surface area contributed by atoms with Crippen LogP contribution in [0.4, 0.5) is 16.4 Å². The van der Waals surface area contributed by atoms with Crippen molar-refractivity contribution >= 4 is 41.2 Å². The lowest BCUT2D eigenvalue weighted by atomic mass is 10.1. The highest BCUT2D eigenvalue weighted by Gasteiger charge is 2.17. The summed E-state index contributed by atoms with van der Waals surface area (Å²) < 4.78 is 5.20. The zero-order chi connectivity index (χ0) is 26.3. The number of unbranched alkanes of at least 4 members (excludes halogenated alkanes) is 9. The average Bonchev–Trinajstić information content (AvgIpc) is 2.75. The molecular formula is C23H41ClN8O3. The molecule has 0 aliphatic heterocycles. The fraction of sp³-hybridized carbons (Fsp3) is 0.696. The van der Waals surface area contributed by atoms with Gasteiger partial charge in [-0.05, 0) is 33.6 Å². The molecule has 1 heterocycles. The van der Waals surface area contributed by atoms with Gasteiger partial charge >= 0.3 is 6.09 Å². The summed E-state index contributed by atoms with van der Waals surface area (Å²) in [6, 6.07) is 0. The zero-order valence-corrected chi connectivity index (χ0v) is 21.9. The molecule has 2 amide bonds. The van der Waals surface area contributed by atoms with Gasteiger partial charge in [-0.2, -0.15) is 0 Å². The van der Waals surface area contributed by atoms with E-state index in [4.69, 9.17) is 33.5 Å². The Bertz CT molecular complexity index is 843. The third-order valence-electron chi connectivity index (χ3n) is 4.90. The maximum Gasteiger partial charge on any atom is 0.407 e. The van der Waals surface area contributed by atoms with Gasteiger partial charge in [0.15, 0.2) is 28.4 Å². The molecule has 12 heteroatoms. The first-order valence-corrected chi connectivity index (χ1v) is 12.5. The van der Waals surface area contributed by atoms with Crippen molar-refractivity contribution in [3.63, 3.8) is 0 Å². The van der Waals surface area contributed by atoms with E-state index in [1.807, 2.05) is 20.8 Å². The summed E-state index contributed by atoms with van der Waals surface area (Å²) in [6.07, 6.45) is 10.8. The van der Waals surface area contributed by atoms with Crippen LogP contribution in [0, 0.1) is 0 Å². The van der Waals surface area contributed by atoms with Crippen molar-refractivity contribution in [2.45, 2.75) is 90.6 Å². The van der Waals surface area contributed by atoms with Gasteiger partial charge in [0, 0.05) is 13.1 Å². The van der Waals surface area contributed by atoms with Crippen LogP contribution in [0.25, 0.3) is 0 Å². The second-order valence-corrected chi connectivity index (χ2v) is 9.68. The van der Waals surface area contributed by atoms with Crippen LogP contribution in [0.15, 0.2) is 4.99 Å². The van der Waals surface area contributed by atoms with Crippen LogP contribution in [-0.4, -0.2) is 46.6 Å². The van der Waals surface area contributed by atoms with E-state index in [2.05, 4.69) is 25.6 Å². The number of nitrogens with zero attached hydrogens (tertiary/aromatic N) is 3. The largest absolute Gasteiger partial charge is 0.444 e. The van der Waals surface area contributed by atoms with Crippen LogP contribution in [0.5, 0.6) is 0 Å². The minimum Gasteiger partial charge on any atom is -0.444 e. The number of nitrogens with one attached hydrogen (secondary N) is 2. The van der Waals surface area contributed by atoms with Gasteiger partial charge in [0.05, 0.1) is 0 Å². The van der Waals surface area contributed by atoms with Crippen molar-refractivity contribution in [2.75, 3.05) is 24.6 Å². The number of amides is 2. The Morgan fingerprint density at radius 3 is 2.03 bits per heavy atom. The van der Waals surface area contributed by atoms with Crippen LogP contribution in [0.2, 0.25) is 5.15 Å². The fourth-order valence-electron chi connectivity index (χ4n) is 3.18. The number of nitrogens with two attached hydrogens (primary N) is 3. The summed E-state index contributed by atoms with van der Waals surface area (Å²) in [5.74, 6) is -0.831. The van der Waals surface area contributed by atoms with Gasteiger partial charge in [0.1, 0.15) is 5.60 Å². The van der Waals surface area contributed by atoms with E-state index in [0.717, 1.165) is 32.1 Å². The van der Waals surface area contributed by atoms with E-state index in [1.54, 1.807) is 0 Å². The Morgan fingerprint density at radius 2 is 1.46 bits per heavy atom. The second kappa shape index (κ2) is 16.0. The predicted molar refractivity (Wildman–Crippen MR) is 140 cm³/mol. The second-order valence-electron chi connectivity index (χ2n) is 9.32. The topological polar surface area (TPSA) is 184 Å². The molecule has 0 saturated carbocycles. The molecule has 0 aromatic carbocycles. The number of hydrogen-bond acceptors (Lipinski definition) is 8. The van der Waals surface area contributed by atoms with Crippen LogP contribution in [0.1, 0.15) is 95.5 Å². The Hall–Kier alpha value is -2.82. The number of alkyl carbamates (subject to hydrolysis) is 1.